The molecule has 1 aromatic heterocycles. The van der Waals surface area contributed by atoms with Crippen LogP contribution in [0.1, 0.15) is 11.3 Å². The summed E-state index contributed by atoms with van der Waals surface area (Å²) in [7, 11) is 9.44. The molecule has 1 fully saturated rings. The summed E-state index contributed by atoms with van der Waals surface area (Å²) in [5, 5.41) is 1.31. The highest BCUT2D eigenvalue weighted by molar-refractivity contribution is 9.10. The fourth-order valence-electron chi connectivity index (χ4n) is 2.86. The Labute approximate surface area is 142 Å². The van der Waals surface area contributed by atoms with Gasteiger partial charge in [0.15, 0.2) is 0 Å². The van der Waals surface area contributed by atoms with Crippen LogP contribution >= 0.6 is 37.6 Å². The van der Waals surface area contributed by atoms with Gasteiger partial charge in [-0.05, 0) is 52.5 Å². The van der Waals surface area contributed by atoms with Crippen molar-refractivity contribution >= 4 is 48.5 Å². The van der Waals surface area contributed by atoms with Gasteiger partial charge in [0.1, 0.15) is 0 Å². The highest BCUT2D eigenvalue weighted by Gasteiger charge is 2.18. The van der Waals surface area contributed by atoms with Crippen LogP contribution in [0.15, 0.2) is 22.7 Å². The molecule has 0 aliphatic carbocycles. The van der Waals surface area contributed by atoms with Gasteiger partial charge in [-0.15, -0.1) is 0 Å². The van der Waals surface area contributed by atoms with Crippen LogP contribution in [0.5, 0.6) is 0 Å². The molecular weight excluding hydrogens is 370 g/mol. The molecule has 1 aliphatic rings. The van der Waals surface area contributed by atoms with E-state index in [4.69, 9.17) is 10.7 Å². The first-order chi connectivity index (χ1) is 10.2. The number of fused-ring (bicyclic) bond motifs is 1. The second-order valence-electron chi connectivity index (χ2n) is 5.60. The minimum Gasteiger partial charge on any atom is -0.357 e. The Morgan fingerprint density at radius 1 is 1.29 bits per heavy atom. The Morgan fingerprint density at radius 3 is 2.76 bits per heavy atom. The van der Waals surface area contributed by atoms with Gasteiger partial charge >= 0.3 is 0 Å². The molecule has 3 rings (SSSR count). The largest absolute Gasteiger partial charge is 0.357 e. The second-order valence-corrected chi connectivity index (χ2v) is 7.68. The van der Waals surface area contributed by atoms with Gasteiger partial charge in [0, 0.05) is 59.5 Å². The summed E-state index contributed by atoms with van der Waals surface area (Å²) in [6.45, 7) is 5.55. The van der Waals surface area contributed by atoms with Crippen LogP contribution in [0.3, 0.4) is 0 Å². The topological polar surface area (TPSA) is 22.3 Å². The van der Waals surface area contributed by atoms with E-state index in [-0.39, 0.29) is 0 Å². The van der Waals surface area contributed by atoms with Gasteiger partial charge in [0.2, 0.25) is 0 Å². The third-order valence-electron chi connectivity index (χ3n) is 4.13. The molecule has 0 spiro atoms. The maximum atomic E-state index is 5.90. The zero-order valence-corrected chi connectivity index (χ0v) is 15.2. The van der Waals surface area contributed by atoms with E-state index in [0.717, 1.165) is 42.9 Å². The van der Waals surface area contributed by atoms with Crippen molar-refractivity contribution in [1.29, 1.82) is 0 Å². The van der Waals surface area contributed by atoms with E-state index in [1.54, 1.807) is 0 Å². The van der Waals surface area contributed by atoms with E-state index < -0.39 is 0 Å². The van der Waals surface area contributed by atoms with Gasteiger partial charge in [0.25, 0.3) is 0 Å². The molecule has 2 heterocycles. The van der Waals surface area contributed by atoms with E-state index in [1.807, 2.05) is 0 Å². The van der Waals surface area contributed by atoms with Crippen molar-refractivity contribution in [2.45, 2.75) is 12.3 Å². The summed E-state index contributed by atoms with van der Waals surface area (Å²) >= 11 is 3.58. The number of piperazine rings is 1. The van der Waals surface area contributed by atoms with E-state index >= 15 is 0 Å². The molecule has 0 amide bonds. The fourth-order valence-corrected chi connectivity index (χ4v) is 3.91. The van der Waals surface area contributed by atoms with Crippen LogP contribution < -0.4 is 0 Å². The maximum Gasteiger partial charge on any atom is 0.0491 e. The van der Waals surface area contributed by atoms with Gasteiger partial charge in [-0.25, -0.2) is 0 Å². The van der Waals surface area contributed by atoms with E-state index in [0.29, 0.717) is 0 Å². The van der Waals surface area contributed by atoms with Crippen molar-refractivity contribution < 1.29 is 0 Å². The Hall–Kier alpha value is -0.200. The molecule has 1 saturated heterocycles. The Kier molecular flexibility index (Phi) is 5.17. The molecule has 1 aliphatic heterocycles. The van der Waals surface area contributed by atoms with Gasteiger partial charge in [-0.3, -0.25) is 4.90 Å². The summed E-state index contributed by atoms with van der Waals surface area (Å²) in [5.74, 6) is 0.816. The van der Waals surface area contributed by atoms with Crippen molar-refractivity contribution in [2.75, 3.05) is 33.2 Å². The fraction of sp³-hybridized carbons (Fsp3) is 0.467. The molecule has 6 heteroatoms. The van der Waals surface area contributed by atoms with Crippen molar-refractivity contribution in [2.24, 2.45) is 0 Å². The normalized spacial score (nSPS) is 17.7. The molecule has 1 N–H and O–H groups in total. The lowest BCUT2D eigenvalue weighted by Crippen LogP contribution is -2.43. The molecule has 21 heavy (non-hydrogen) atoms. The lowest BCUT2D eigenvalue weighted by Gasteiger charge is -2.32. The maximum absolute atomic E-state index is 5.90. The Balaban J connectivity index is 1.91. The molecule has 0 radical (unpaired) electrons. The van der Waals surface area contributed by atoms with Gasteiger partial charge < -0.3 is 9.88 Å². The van der Waals surface area contributed by atoms with Crippen molar-refractivity contribution in [3.63, 3.8) is 0 Å². The molecular formula is C15H19BrClN3S. The van der Waals surface area contributed by atoms with E-state index in [9.17, 15) is 0 Å². The van der Waals surface area contributed by atoms with Crippen LogP contribution in [0, 0.1) is 0 Å². The summed E-state index contributed by atoms with van der Waals surface area (Å²) < 4.78 is 1.12. The van der Waals surface area contributed by atoms with E-state index in [2.05, 4.69) is 56.0 Å². The first-order valence-corrected chi connectivity index (χ1v) is 9.71. The van der Waals surface area contributed by atoms with E-state index in [1.165, 1.54) is 33.1 Å². The highest BCUT2D eigenvalue weighted by atomic mass is 79.9. The molecule has 2 aromatic rings. The number of hydrogen-bond acceptors (Lipinski definition) is 3. The number of nitrogens with one attached hydrogen (secondary N) is 1. The van der Waals surface area contributed by atoms with Gasteiger partial charge in [-0.1, -0.05) is 15.9 Å². The number of aromatic amines is 1. The molecule has 114 valence electrons. The monoisotopic (exact) mass is 387 g/mol. The molecule has 0 bridgehead atoms. The Morgan fingerprint density at radius 2 is 2.05 bits per heavy atom. The highest BCUT2D eigenvalue weighted by Crippen LogP contribution is 2.30. The molecule has 0 saturated carbocycles. The summed E-state index contributed by atoms with van der Waals surface area (Å²) in [4.78, 5) is 8.45. The van der Waals surface area contributed by atoms with Crippen LogP contribution in [-0.2, 0) is 12.3 Å². The lowest BCUT2D eigenvalue weighted by atomic mass is 10.1. The standard InChI is InChI=1S/C15H19BrClN3S/c1-19-4-6-20(7-5-19)9-13-12-8-11(16)2-3-14(12)18-15(13)10-21-17/h2-3,8,18H,4-7,9-10H2,1H3. The minimum atomic E-state index is 0.816. The lowest BCUT2D eigenvalue weighted by molar-refractivity contribution is 0.148. The van der Waals surface area contributed by atoms with Gasteiger partial charge in [-0.2, -0.15) is 0 Å². The SMILES string of the molecule is CN1CCN(Cc2c(CSCl)[nH]c3ccc(Br)cc23)CC1. The smallest absolute Gasteiger partial charge is 0.0491 e. The third-order valence-corrected chi connectivity index (χ3v) is 5.35. The quantitative estimate of drug-likeness (QED) is 0.853. The summed E-state index contributed by atoms with van der Waals surface area (Å²) in [5.41, 5.74) is 3.84. The number of halogens is 2. The average Bonchev–Trinajstić information content (AvgIpc) is 2.79. The molecule has 3 nitrogen and oxygen atoms in total. The second kappa shape index (κ2) is 6.92. The number of rotatable bonds is 4. The number of aromatic nitrogens is 1. The first kappa shape index (κ1) is 15.7. The van der Waals surface area contributed by atoms with Crippen LogP contribution in [0.4, 0.5) is 0 Å². The molecule has 1 aromatic carbocycles. The van der Waals surface area contributed by atoms with Crippen molar-refractivity contribution in [1.82, 2.24) is 14.8 Å². The van der Waals surface area contributed by atoms with Gasteiger partial charge in [0.05, 0.1) is 0 Å². The predicted octanol–water partition coefficient (Wildman–Crippen LogP) is 4.06. The molecule has 0 unspecified atom stereocenters. The van der Waals surface area contributed by atoms with Crippen molar-refractivity contribution in [3.05, 3.63) is 33.9 Å². The average molecular weight is 389 g/mol. The molecule has 0 atom stereocenters. The zero-order valence-electron chi connectivity index (χ0n) is 12.0. The third kappa shape index (κ3) is 3.59. The minimum absolute atomic E-state index is 0.816. The van der Waals surface area contributed by atoms with Crippen LogP contribution in [-0.4, -0.2) is 48.0 Å². The number of hydrogen-bond donors (Lipinski definition) is 1. The summed E-state index contributed by atoms with van der Waals surface area (Å²) in [6, 6.07) is 6.42. The Bertz CT molecular complexity index is 623. The number of benzene rings is 1. The predicted molar refractivity (Wildman–Crippen MR) is 95.9 cm³/mol. The first-order valence-electron chi connectivity index (χ1n) is 7.11. The van der Waals surface area contributed by atoms with Crippen molar-refractivity contribution in [3.8, 4) is 0 Å². The number of H-pyrrole nitrogens is 1. The summed E-state index contributed by atoms with van der Waals surface area (Å²) in [6.07, 6.45) is 0. The van der Waals surface area contributed by atoms with Crippen LogP contribution in [0.2, 0.25) is 0 Å². The number of likely N-dealkylation sites (N-methyl/N-ethyl adjacent to an activating group) is 1. The van der Waals surface area contributed by atoms with Crippen LogP contribution in [0.25, 0.3) is 10.9 Å². The zero-order chi connectivity index (χ0) is 14.8. The number of nitrogens with zero attached hydrogens (tertiary/aromatic N) is 2.